The summed E-state index contributed by atoms with van der Waals surface area (Å²) in [7, 11) is -2.42. The molecule has 0 aliphatic carbocycles. The Hall–Kier alpha value is -1.65. The van der Waals surface area contributed by atoms with Gasteiger partial charge in [-0.05, 0) is 49.0 Å². The number of amides is 1. The molecule has 0 unspecified atom stereocenters. The molecule has 178 valence electrons. The van der Waals surface area contributed by atoms with Crippen LogP contribution >= 0.6 is 0 Å². The van der Waals surface area contributed by atoms with E-state index in [1.54, 1.807) is 13.8 Å². The molecule has 1 amide bonds. The molecule has 1 heterocycles. The zero-order valence-electron chi connectivity index (χ0n) is 21.2. The maximum absolute atomic E-state index is 13.1. The number of rotatable bonds is 8. The molecule has 3 atom stereocenters. The summed E-state index contributed by atoms with van der Waals surface area (Å²) in [5.41, 5.74) is 6.34. The molecular formula is C26H41NO4Si. The van der Waals surface area contributed by atoms with Crippen molar-refractivity contribution in [1.29, 1.82) is 0 Å². The highest BCUT2D eigenvalue weighted by molar-refractivity contribution is 6.77. The number of nitrogens with two attached hydrogens (primary N) is 1. The lowest BCUT2D eigenvalue weighted by atomic mass is 9.88. The molecule has 0 spiro atoms. The third-order valence-corrected chi connectivity index (χ3v) is 12.7. The lowest BCUT2D eigenvalue weighted by Crippen LogP contribution is -2.64. The molecule has 1 saturated heterocycles. The standard InChI is InChI=1S/C26H41NO4Si/c1-10-22-26(24(27)28,31-25(8,9)29-22)23(17-16-21-14-12-11-13-15-21)30-32(18(2)3,19(4)5)20(6)7/h11-15,18-20,22-23H,10H2,1-9H3,(H2,27,28)/t22-,23-,26+/m0/s1. The first-order chi connectivity index (χ1) is 14.8. The Kier molecular flexibility index (Phi) is 8.39. The van der Waals surface area contributed by atoms with Crippen molar-refractivity contribution in [2.45, 2.75) is 109 Å². The van der Waals surface area contributed by atoms with Gasteiger partial charge in [-0.2, -0.15) is 0 Å². The smallest absolute Gasteiger partial charge is 0.256 e. The molecule has 1 aliphatic rings. The summed E-state index contributed by atoms with van der Waals surface area (Å²) >= 11 is 0. The number of carbonyl (C=O) groups excluding carboxylic acids is 1. The number of ether oxygens (including phenoxy) is 2. The van der Waals surface area contributed by atoms with E-state index < -0.39 is 37.8 Å². The van der Waals surface area contributed by atoms with Crippen LogP contribution in [0.4, 0.5) is 0 Å². The van der Waals surface area contributed by atoms with Crippen molar-refractivity contribution >= 4 is 14.2 Å². The molecule has 0 bridgehead atoms. The molecule has 0 saturated carbocycles. The Morgan fingerprint density at radius 2 is 1.62 bits per heavy atom. The van der Waals surface area contributed by atoms with Crippen LogP contribution in [-0.4, -0.2) is 37.8 Å². The summed E-state index contributed by atoms with van der Waals surface area (Å²) in [5, 5.41) is 0. The highest BCUT2D eigenvalue weighted by atomic mass is 28.4. The summed E-state index contributed by atoms with van der Waals surface area (Å²) in [6.45, 7) is 18.8. The molecule has 1 fully saturated rings. The van der Waals surface area contributed by atoms with Crippen molar-refractivity contribution in [2.24, 2.45) is 5.73 Å². The fourth-order valence-electron chi connectivity index (χ4n) is 5.38. The summed E-state index contributed by atoms with van der Waals surface area (Å²) in [5.74, 6) is 4.93. The largest absolute Gasteiger partial charge is 0.399 e. The van der Waals surface area contributed by atoms with Gasteiger partial charge in [-0.25, -0.2) is 0 Å². The third kappa shape index (κ3) is 4.96. The van der Waals surface area contributed by atoms with Crippen LogP contribution in [0.3, 0.4) is 0 Å². The van der Waals surface area contributed by atoms with Gasteiger partial charge in [0.15, 0.2) is 5.79 Å². The number of hydrogen-bond donors (Lipinski definition) is 1. The Bertz CT molecular complexity index is 819. The second kappa shape index (κ2) is 10.1. The molecule has 1 aliphatic heterocycles. The molecular weight excluding hydrogens is 418 g/mol. The van der Waals surface area contributed by atoms with Crippen molar-refractivity contribution in [2.75, 3.05) is 0 Å². The van der Waals surface area contributed by atoms with Crippen molar-refractivity contribution in [3.05, 3.63) is 35.9 Å². The molecule has 2 N–H and O–H groups in total. The fourth-order valence-corrected chi connectivity index (χ4v) is 10.8. The van der Waals surface area contributed by atoms with Crippen LogP contribution in [-0.2, 0) is 18.7 Å². The number of hydrogen-bond acceptors (Lipinski definition) is 4. The van der Waals surface area contributed by atoms with Crippen molar-refractivity contribution in [1.82, 2.24) is 0 Å². The predicted octanol–water partition coefficient (Wildman–Crippen LogP) is 5.38. The highest BCUT2D eigenvalue weighted by Crippen LogP contribution is 2.47. The zero-order chi connectivity index (χ0) is 24.3. The SMILES string of the molecule is CC[C@@H]1OC(C)(C)O[C@@]1(C(N)=O)[C@H](C#Cc1ccccc1)O[Si](C(C)C)(C(C)C)C(C)C. The highest BCUT2D eigenvalue weighted by Gasteiger charge is 2.63. The van der Waals surface area contributed by atoms with E-state index >= 15 is 0 Å². The Labute approximate surface area is 195 Å². The first-order valence-corrected chi connectivity index (χ1v) is 13.9. The molecule has 5 nitrogen and oxygen atoms in total. The van der Waals surface area contributed by atoms with Crippen LogP contribution in [0.5, 0.6) is 0 Å². The van der Waals surface area contributed by atoms with E-state index in [9.17, 15) is 4.79 Å². The summed E-state index contributed by atoms with van der Waals surface area (Å²) < 4.78 is 19.6. The third-order valence-electron chi connectivity index (χ3n) is 6.61. The Morgan fingerprint density at radius 3 is 2.06 bits per heavy atom. The number of primary amides is 1. The maximum atomic E-state index is 13.1. The first-order valence-electron chi connectivity index (χ1n) is 11.8. The van der Waals surface area contributed by atoms with Gasteiger partial charge in [-0.1, -0.05) is 78.5 Å². The summed E-state index contributed by atoms with van der Waals surface area (Å²) in [6, 6.07) is 9.69. The van der Waals surface area contributed by atoms with Crippen molar-refractivity contribution in [3.63, 3.8) is 0 Å². The summed E-state index contributed by atoms with van der Waals surface area (Å²) in [6.07, 6.45) is -0.840. The lowest BCUT2D eigenvalue weighted by Gasteiger charge is -2.47. The van der Waals surface area contributed by atoms with E-state index in [1.807, 2.05) is 37.3 Å². The molecule has 0 aromatic heterocycles. The minimum atomic E-state index is -2.42. The van der Waals surface area contributed by atoms with Gasteiger partial charge in [0.1, 0.15) is 12.2 Å². The second-order valence-electron chi connectivity index (χ2n) is 10.1. The second-order valence-corrected chi connectivity index (χ2v) is 15.5. The van der Waals surface area contributed by atoms with Crippen molar-refractivity contribution < 1.29 is 18.7 Å². The van der Waals surface area contributed by atoms with Gasteiger partial charge in [0, 0.05) is 5.56 Å². The Balaban J connectivity index is 2.73. The van der Waals surface area contributed by atoms with Crippen LogP contribution in [0.15, 0.2) is 30.3 Å². The van der Waals surface area contributed by atoms with Crippen LogP contribution in [0.1, 0.15) is 74.3 Å². The number of benzene rings is 1. The van der Waals surface area contributed by atoms with Gasteiger partial charge in [0.2, 0.25) is 13.9 Å². The molecule has 0 radical (unpaired) electrons. The van der Waals surface area contributed by atoms with E-state index in [1.165, 1.54) is 0 Å². The van der Waals surface area contributed by atoms with Gasteiger partial charge in [-0.15, -0.1) is 0 Å². The van der Waals surface area contributed by atoms with Crippen LogP contribution in [0, 0.1) is 11.8 Å². The maximum Gasteiger partial charge on any atom is 0.256 e. The topological polar surface area (TPSA) is 70.8 Å². The van der Waals surface area contributed by atoms with E-state index in [-0.39, 0.29) is 0 Å². The van der Waals surface area contributed by atoms with E-state index in [2.05, 4.69) is 53.4 Å². The number of carbonyl (C=O) groups is 1. The van der Waals surface area contributed by atoms with Crippen LogP contribution < -0.4 is 5.73 Å². The van der Waals surface area contributed by atoms with Crippen LogP contribution in [0.2, 0.25) is 16.6 Å². The normalized spacial score (nSPS) is 23.9. The van der Waals surface area contributed by atoms with E-state index in [0.717, 1.165) is 5.56 Å². The molecule has 1 aromatic rings. The van der Waals surface area contributed by atoms with Gasteiger partial charge < -0.3 is 19.6 Å². The Morgan fingerprint density at radius 1 is 1.09 bits per heavy atom. The quantitative estimate of drug-likeness (QED) is 0.418. The molecule has 1 aromatic carbocycles. The summed E-state index contributed by atoms with van der Waals surface area (Å²) in [4.78, 5) is 13.1. The molecule has 32 heavy (non-hydrogen) atoms. The lowest BCUT2D eigenvalue weighted by molar-refractivity contribution is -0.183. The first kappa shape index (κ1) is 26.6. The van der Waals surface area contributed by atoms with E-state index in [4.69, 9.17) is 19.6 Å². The van der Waals surface area contributed by atoms with Crippen molar-refractivity contribution in [3.8, 4) is 11.8 Å². The fraction of sp³-hybridized carbons (Fsp3) is 0.654. The van der Waals surface area contributed by atoms with Gasteiger partial charge in [0.05, 0.1) is 0 Å². The zero-order valence-corrected chi connectivity index (χ0v) is 22.2. The monoisotopic (exact) mass is 459 g/mol. The predicted molar refractivity (Wildman–Crippen MR) is 131 cm³/mol. The minimum Gasteiger partial charge on any atom is -0.399 e. The average molecular weight is 460 g/mol. The minimum absolute atomic E-state index is 0.309. The van der Waals surface area contributed by atoms with Gasteiger partial charge >= 0.3 is 0 Å². The van der Waals surface area contributed by atoms with Gasteiger partial charge in [-0.3, -0.25) is 4.79 Å². The van der Waals surface area contributed by atoms with Crippen LogP contribution in [0.25, 0.3) is 0 Å². The van der Waals surface area contributed by atoms with E-state index in [0.29, 0.717) is 23.0 Å². The average Bonchev–Trinajstić information content (AvgIpc) is 3.00. The van der Waals surface area contributed by atoms with Gasteiger partial charge in [0.25, 0.3) is 5.91 Å². The molecule has 6 heteroatoms. The molecule has 2 rings (SSSR count).